The van der Waals surface area contributed by atoms with Gasteiger partial charge in [0.15, 0.2) is 9.84 Å². The van der Waals surface area contributed by atoms with E-state index in [4.69, 9.17) is 5.26 Å². The van der Waals surface area contributed by atoms with E-state index < -0.39 is 9.84 Å². The molecule has 1 aromatic carbocycles. The topological polar surface area (TPSA) is 70.8 Å². The molecule has 0 atom stereocenters. The molecule has 0 aliphatic heterocycles. The zero-order valence-corrected chi connectivity index (χ0v) is 12.2. The van der Waals surface area contributed by atoms with Crippen LogP contribution in [0.3, 0.4) is 0 Å². The molecule has 0 unspecified atom stereocenters. The smallest absolute Gasteiger partial charge is 0.184 e. The summed E-state index contributed by atoms with van der Waals surface area (Å²) in [6.45, 7) is 0. The minimum atomic E-state index is -3.39. The van der Waals surface area contributed by atoms with Crippen LogP contribution >= 0.6 is 11.3 Å². The van der Waals surface area contributed by atoms with Gasteiger partial charge >= 0.3 is 0 Å². The lowest BCUT2D eigenvalue weighted by Gasteiger charge is -2.01. The van der Waals surface area contributed by atoms with Gasteiger partial charge in [-0.3, -0.25) is 0 Å². The van der Waals surface area contributed by atoms with Crippen LogP contribution in [0, 0.1) is 11.3 Å². The Bertz CT molecular complexity index is 769. The molecule has 1 saturated carbocycles. The van der Waals surface area contributed by atoms with Gasteiger partial charge in [-0.15, -0.1) is 11.3 Å². The fraction of sp³-hybridized carbons (Fsp3) is 0.286. The highest BCUT2D eigenvalue weighted by Gasteiger charge is 2.30. The highest BCUT2D eigenvalue weighted by molar-refractivity contribution is 7.90. The first-order valence-corrected chi connectivity index (χ1v) is 8.74. The van der Waals surface area contributed by atoms with Gasteiger partial charge in [0.1, 0.15) is 21.7 Å². The van der Waals surface area contributed by atoms with Crippen molar-refractivity contribution in [2.24, 2.45) is 0 Å². The summed E-state index contributed by atoms with van der Waals surface area (Å²) in [5, 5.41) is 9.60. The third-order valence-electron chi connectivity index (χ3n) is 3.18. The molecule has 0 amide bonds. The number of hydrogen-bond donors (Lipinski definition) is 0. The number of benzene rings is 1. The monoisotopic (exact) mass is 304 g/mol. The Labute approximate surface area is 121 Å². The van der Waals surface area contributed by atoms with Crippen molar-refractivity contribution in [2.75, 3.05) is 0 Å². The second-order valence-electron chi connectivity index (χ2n) is 4.78. The van der Waals surface area contributed by atoms with Gasteiger partial charge in [-0.1, -0.05) is 18.2 Å². The first kappa shape index (κ1) is 13.3. The minimum Gasteiger partial charge on any atom is -0.243 e. The Morgan fingerprint density at radius 1 is 1.30 bits per heavy atom. The van der Waals surface area contributed by atoms with Gasteiger partial charge in [-0.05, 0) is 25.0 Å². The van der Waals surface area contributed by atoms with Crippen LogP contribution in [0.5, 0.6) is 0 Å². The number of nitrogens with zero attached hydrogens (tertiary/aromatic N) is 2. The van der Waals surface area contributed by atoms with E-state index in [1.54, 1.807) is 30.3 Å². The number of hydrogen-bond acceptors (Lipinski definition) is 5. The maximum absolute atomic E-state index is 12.3. The Kier molecular flexibility index (Phi) is 3.32. The van der Waals surface area contributed by atoms with Crippen LogP contribution in [0.15, 0.2) is 35.2 Å². The van der Waals surface area contributed by atoms with Crippen LogP contribution in [0.1, 0.15) is 34.3 Å². The van der Waals surface area contributed by atoms with E-state index in [0.29, 0.717) is 20.7 Å². The first-order chi connectivity index (χ1) is 9.60. The van der Waals surface area contributed by atoms with Crippen molar-refractivity contribution in [1.29, 1.82) is 5.26 Å². The van der Waals surface area contributed by atoms with Crippen molar-refractivity contribution in [2.45, 2.75) is 29.4 Å². The molecular weight excluding hydrogens is 292 g/mol. The molecule has 2 aromatic rings. The number of sulfone groups is 1. The van der Waals surface area contributed by atoms with E-state index >= 15 is 0 Å². The van der Waals surface area contributed by atoms with E-state index in [0.717, 1.165) is 18.5 Å². The second kappa shape index (κ2) is 5.00. The fourth-order valence-corrected chi connectivity index (χ4v) is 4.60. The Morgan fingerprint density at radius 3 is 2.60 bits per heavy atom. The molecule has 0 N–H and O–H groups in total. The van der Waals surface area contributed by atoms with Crippen molar-refractivity contribution < 1.29 is 8.42 Å². The van der Waals surface area contributed by atoms with Gasteiger partial charge < -0.3 is 0 Å². The summed E-state index contributed by atoms with van der Waals surface area (Å²) in [6.07, 6.45) is 2.09. The van der Waals surface area contributed by atoms with E-state index in [-0.39, 0.29) is 5.75 Å². The summed E-state index contributed by atoms with van der Waals surface area (Å²) in [6, 6.07) is 10.5. The molecule has 4 nitrogen and oxygen atoms in total. The molecule has 1 aliphatic carbocycles. The molecule has 1 aliphatic rings. The summed E-state index contributed by atoms with van der Waals surface area (Å²) < 4.78 is 24.6. The molecule has 20 heavy (non-hydrogen) atoms. The second-order valence-corrected chi connectivity index (χ2v) is 7.85. The van der Waals surface area contributed by atoms with E-state index in [2.05, 4.69) is 11.1 Å². The summed E-state index contributed by atoms with van der Waals surface area (Å²) in [5.41, 5.74) is 0.788. The Balaban J connectivity index is 1.90. The summed E-state index contributed by atoms with van der Waals surface area (Å²) >= 11 is 1.20. The van der Waals surface area contributed by atoms with E-state index in [9.17, 15) is 8.42 Å². The van der Waals surface area contributed by atoms with Crippen LogP contribution in [-0.4, -0.2) is 13.4 Å². The standard InChI is InChI=1S/C14H12N2O2S2/c15-8-12-14(10-6-7-10)16-13(19-12)9-20(17,18)11-4-2-1-3-5-11/h1-5,10H,6-7,9H2. The lowest BCUT2D eigenvalue weighted by Crippen LogP contribution is -2.04. The van der Waals surface area contributed by atoms with Crippen molar-refractivity contribution in [3.63, 3.8) is 0 Å². The number of aromatic nitrogens is 1. The van der Waals surface area contributed by atoms with Crippen molar-refractivity contribution >= 4 is 21.2 Å². The maximum atomic E-state index is 12.3. The predicted molar refractivity (Wildman–Crippen MR) is 76.1 cm³/mol. The SMILES string of the molecule is N#Cc1sc(CS(=O)(=O)c2ccccc2)nc1C1CC1. The molecule has 102 valence electrons. The molecule has 6 heteroatoms. The van der Waals surface area contributed by atoms with Crippen molar-refractivity contribution in [1.82, 2.24) is 4.98 Å². The van der Waals surface area contributed by atoms with Gasteiger partial charge in [0.25, 0.3) is 0 Å². The average molecular weight is 304 g/mol. The largest absolute Gasteiger partial charge is 0.243 e. The lowest BCUT2D eigenvalue weighted by molar-refractivity contribution is 0.595. The molecule has 1 fully saturated rings. The van der Waals surface area contributed by atoms with Gasteiger partial charge in [0.05, 0.1) is 10.6 Å². The van der Waals surface area contributed by atoms with Gasteiger partial charge in [0, 0.05) is 5.92 Å². The van der Waals surface area contributed by atoms with E-state index in [1.165, 1.54) is 11.3 Å². The van der Waals surface area contributed by atoms with Crippen molar-refractivity contribution in [3.05, 3.63) is 45.9 Å². The van der Waals surface area contributed by atoms with Crippen LogP contribution in [0.2, 0.25) is 0 Å². The quantitative estimate of drug-likeness (QED) is 0.870. The molecule has 0 bridgehead atoms. The zero-order chi connectivity index (χ0) is 14.2. The predicted octanol–water partition coefficient (Wildman–Crippen LogP) is 2.87. The number of thiazole rings is 1. The first-order valence-electron chi connectivity index (χ1n) is 6.27. The Hall–Kier alpha value is -1.71. The average Bonchev–Trinajstić information content (AvgIpc) is 3.21. The summed E-state index contributed by atoms with van der Waals surface area (Å²) in [7, 11) is -3.39. The zero-order valence-electron chi connectivity index (χ0n) is 10.6. The third kappa shape index (κ3) is 2.60. The van der Waals surface area contributed by atoms with E-state index in [1.807, 2.05) is 0 Å². The van der Waals surface area contributed by atoms with Gasteiger partial charge in [-0.25, -0.2) is 13.4 Å². The third-order valence-corrected chi connectivity index (χ3v) is 5.98. The molecule has 0 spiro atoms. The fourth-order valence-electron chi connectivity index (χ4n) is 2.03. The Morgan fingerprint density at radius 2 is 2.00 bits per heavy atom. The van der Waals surface area contributed by atoms with Gasteiger partial charge in [-0.2, -0.15) is 5.26 Å². The molecule has 1 aromatic heterocycles. The highest BCUT2D eigenvalue weighted by atomic mass is 32.2. The van der Waals surface area contributed by atoms with Crippen LogP contribution in [0.25, 0.3) is 0 Å². The number of nitriles is 1. The molecule has 0 saturated heterocycles. The van der Waals surface area contributed by atoms with Crippen molar-refractivity contribution in [3.8, 4) is 6.07 Å². The molecule has 1 heterocycles. The van der Waals surface area contributed by atoms with Gasteiger partial charge in [0.2, 0.25) is 0 Å². The minimum absolute atomic E-state index is 0.136. The summed E-state index contributed by atoms with van der Waals surface area (Å²) in [5.74, 6) is 0.220. The van der Waals surface area contributed by atoms with Crippen LogP contribution in [0.4, 0.5) is 0 Å². The maximum Gasteiger partial charge on any atom is 0.184 e. The summed E-state index contributed by atoms with van der Waals surface area (Å²) in [4.78, 5) is 5.22. The normalized spacial score (nSPS) is 14.9. The molecule has 3 rings (SSSR count). The molecular formula is C14H12N2O2S2. The number of rotatable bonds is 4. The van der Waals surface area contributed by atoms with Crippen LogP contribution in [-0.2, 0) is 15.6 Å². The molecule has 0 radical (unpaired) electrons. The lowest BCUT2D eigenvalue weighted by atomic mass is 10.3. The van der Waals surface area contributed by atoms with Crippen LogP contribution < -0.4 is 0 Å². The highest BCUT2D eigenvalue weighted by Crippen LogP contribution is 2.42.